The van der Waals surface area contributed by atoms with E-state index < -0.39 is 17.4 Å². The van der Waals surface area contributed by atoms with Crippen molar-refractivity contribution in [2.24, 2.45) is 5.41 Å². The van der Waals surface area contributed by atoms with Gasteiger partial charge in [0, 0.05) is 12.0 Å². The molecule has 1 unspecified atom stereocenters. The molecule has 0 saturated heterocycles. The first-order valence-electron chi connectivity index (χ1n) is 7.87. The normalized spacial score (nSPS) is 13.6. The highest BCUT2D eigenvalue weighted by Crippen LogP contribution is 2.34. The molecule has 0 aliphatic carbocycles. The zero-order valence-electron chi connectivity index (χ0n) is 15.1. The summed E-state index contributed by atoms with van der Waals surface area (Å²) >= 11 is 0. The van der Waals surface area contributed by atoms with E-state index >= 15 is 0 Å². The molecule has 134 valence electrons. The minimum Gasteiger partial charge on any atom is -0.468 e. The van der Waals surface area contributed by atoms with Crippen LogP contribution in [0.1, 0.15) is 46.0 Å². The molecule has 0 spiro atoms. The van der Waals surface area contributed by atoms with Crippen LogP contribution in [-0.4, -0.2) is 31.9 Å². The summed E-state index contributed by atoms with van der Waals surface area (Å²) in [4.78, 5) is 36.5. The average Bonchev–Trinajstić information content (AvgIpc) is 2.56. The van der Waals surface area contributed by atoms with Gasteiger partial charge in [-0.1, -0.05) is 17.7 Å². The van der Waals surface area contributed by atoms with Crippen LogP contribution in [0.2, 0.25) is 0 Å². The highest BCUT2D eigenvalue weighted by atomic mass is 16.5. The van der Waals surface area contributed by atoms with E-state index in [4.69, 9.17) is 4.74 Å². The minimum absolute atomic E-state index is 0.193. The molecule has 0 radical (unpaired) electrons. The van der Waals surface area contributed by atoms with Crippen LogP contribution in [0.15, 0.2) is 36.5 Å². The molecule has 0 rings (SSSR count). The van der Waals surface area contributed by atoms with Gasteiger partial charge in [-0.15, -0.1) is 13.2 Å². The number of Topliss-reactive ketones (excluding diaryl/α,β-unsaturated/α-hetero) is 1. The lowest BCUT2D eigenvalue weighted by atomic mass is 9.74. The third-order valence-corrected chi connectivity index (χ3v) is 3.91. The Labute approximate surface area is 144 Å². The zero-order valence-corrected chi connectivity index (χ0v) is 15.1. The number of rotatable bonds is 11. The van der Waals surface area contributed by atoms with Crippen LogP contribution in [0.25, 0.3) is 0 Å². The van der Waals surface area contributed by atoms with Gasteiger partial charge < -0.3 is 9.47 Å². The van der Waals surface area contributed by atoms with E-state index in [9.17, 15) is 14.4 Å². The maximum Gasteiger partial charge on any atom is 0.333 e. The first kappa shape index (κ1) is 21.8. The highest BCUT2D eigenvalue weighted by molar-refractivity contribution is 6.04. The van der Waals surface area contributed by atoms with Gasteiger partial charge in [-0.3, -0.25) is 9.59 Å². The predicted octanol–water partition coefficient (Wildman–Crippen LogP) is 3.55. The number of ketones is 1. The van der Waals surface area contributed by atoms with Crippen molar-refractivity contribution in [3.63, 3.8) is 0 Å². The Kier molecular flexibility index (Phi) is 9.62. The summed E-state index contributed by atoms with van der Waals surface area (Å²) < 4.78 is 9.51. The van der Waals surface area contributed by atoms with E-state index in [0.29, 0.717) is 18.4 Å². The van der Waals surface area contributed by atoms with Crippen molar-refractivity contribution in [3.05, 3.63) is 36.5 Å². The lowest BCUT2D eigenvalue weighted by molar-refractivity contribution is -0.158. The molecule has 5 heteroatoms. The standard InChI is InChI=1S/C19H28O5/c1-7-12-19(18(22)24-6,16(20)11-10-14(2)3)13-8-9-15(4)17(21)23-5/h7,9H,1-2,8,10-13H2,3-6H3/b15-9-. The smallest absolute Gasteiger partial charge is 0.333 e. The Bertz CT molecular complexity index is 530. The van der Waals surface area contributed by atoms with Crippen molar-refractivity contribution >= 4 is 17.7 Å². The molecule has 0 aliphatic rings. The number of carbonyl (C=O) groups excluding carboxylic acids is 3. The topological polar surface area (TPSA) is 69.7 Å². The lowest BCUT2D eigenvalue weighted by Crippen LogP contribution is -2.40. The van der Waals surface area contributed by atoms with Gasteiger partial charge in [0.2, 0.25) is 0 Å². The molecular formula is C19H28O5. The van der Waals surface area contributed by atoms with E-state index in [0.717, 1.165) is 5.57 Å². The Balaban J connectivity index is 5.40. The number of hydrogen-bond acceptors (Lipinski definition) is 5. The fraction of sp³-hybridized carbons (Fsp3) is 0.526. The number of allylic oxidation sites excluding steroid dienone is 3. The third kappa shape index (κ3) is 6.14. The van der Waals surface area contributed by atoms with Gasteiger partial charge in [0.1, 0.15) is 5.41 Å². The number of hydrogen-bond donors (Lipinski definition) is 0. The van der Waals surface area contributed by atoms with Crippen molar-refractivity contribution in [1.82, 2.24) is 0 Å². The molecule has 0 N–H and O–H groups in total. The summed E-state index contributed by atoms with van der Waals surface area (Å²) in [6, 6.07) is 0. The van der Waals surface area contributed by atoms with Crippen molar-refractivity contribution in [1.29, 1.82) is 0 Å². The van der Waals surface area contributed by atoms with Crippen molar-refractivity contribution in [2.75, 3.05) is 14.2 Å². The van der Waals surface area contributed by atoms with Gasteiger partial charge in [0.15, 0.2) is 5.78 Å². The Morgan fingerprint density at radius 3 is 2.17 bits per heavy atom. The van der Waals surface area contributed by atoms with Gasteiger partial charge in [-0.2, -0.15) is 0 Å². The number of ether oxygens (including phenoxy) is 2. The molecule has 0 heterocycles. The van der Waals surface area contributed by atoms with E-state index in [-0.39, 0.29) is 25.0 Å². The molecule has 5 nitrogen and oxygen atoms in total. The first-order valence-corrected chi connectivity index (χ1v) is 7.87. The van der Waals surface area contributed by atoms with E-state index in [1.165, 1.54) is 14.2 Å². The maximum absolute atomic E-state index is 12.7. The summed E-state index contributed by atoms with van der Waals surface area (Å²) in [6.45, 7) is 10.9. The van der Waals surface area contributed by atoms with Crippen LogP contribution >= 0.6 is 0 Å². The molecule has 0 aromatic rings. The van der Waals surface area contributed by atoms with Crippen LogP contribution in [0, 0.1) is 5.41 Å². The summed E-state index contributed by atoms with van der Waals surface area (Å²) in [5, 5.41) is 0. The fourth-order valence-electron chi connectivity index (χ4n) is 2.44. The van der Waals surface area contributed by atoms with Crippen molar-refractivity contribution in [3.8, 4) is 0 Å². The number of esters is 2. The molecule has 24 heavy (non-hydrogen) atoms. The molecular weight excluding hydrogens is 308 g/mol. The van der Waals surface area contributed by atoms with Crippen LogP contribution in [0.5, 0.6) is 0 Å². The van der Waals surface area contributed by atoms with Crippen LogP contribution in [0.3, 0.4) is 0 Å². The average molecular weight is 336 g/mol. The van der Waals surface area contributed by atoms with Gasteiger partial charge >= 0.3 is 11.9 Å². The largest absolute Gasteiger partial charge is 0.468 e. The van der Waals surface area contributed by atoms with E-state index in [1.54, 1.807) is 19.1 Å². The van der Waals surface area contributed by atoms with Crippen LogP contribution < -0.4 is 0 Å². The Hall–Kier alpha value is -2.17. The van der Waals surface area contributed by atoms with Gasteiger partial charge in [-0.05, 0) is 39.5 Å². The summed E-state index contributed by atoms with van der Waals surface area (Å²) in [5.41, 5.74) is 0.0326. The van der Waals surface area contributed by atoms with Crippen molar-refractivity contribution < 1.29 is 23.9 Å². The first-order chi connectivity index (χ1) is 11.2. The molecule has 1 atom stereocenters. The van der Waals surface area contributed by atoms with Crippen LogP contribution in [-0.2, 0) is 23.9 Å². The molecule has 0 fully saturated rings. The number of carbonyl (C=O) groups is 3. The molecule has 0 aliphatic heterocycles. The minimum atomic E-state index is -1.28. The molecule has 0 aromatic carbocycles. The third-order valence-electron chi connectivity index (χ3n) is 3.91. The summed E-state index contributed by atoms with van der Waals surface area (Å²) in [5.74, 6) is -1.20. The molecule has 0 amide bonds. The highest BCUT2D eigenvalue weighted by Gasteiger charge is 2.44. The van der Waals surface area contributed by atoms with Gasteiger partial charge in [-0.25, -0.2) is 4.79 Å². The molecule has 0 aromatic heterocycles. The molecule has 0 saturated carbocycles. The summed E-state index contributed by atoms with van der Waals surface area (Å²) in [6.07, 6.45) is 4.77. The predicted molar refractivity (Wildman–Crippen MR) is 93.3 cm³/mol. The van der Waals surface area contributed by atoms with E-state index in [1.807, 2.05) is 6.92 Å². The van der Waals surface area contributed by atoms with Gasteiger partial charge in [0.25, 0.3) is 0 Å². The maximum atomic E-state index is 12.7. The second-order valence-corrected chi connectivity index (χ2v) is 5.86. The fourth-order valence-corrected chi connectivity index (χ4v) is 2.44. The Morgan fingerprint density at radius 1 is 1.08 bits per heavy atom. The number of methoxy groups -OCH3 is 2. The quantitative estimate of drug-likeness (QED) is 0.250. The second-order valence-electron chi connectivity index (χ2n) is 5.86. The second kappa shape index (κ2) is 10.6. The molecule has 0 bridgehead atoms. The van der Waals surface area contributed by atoms with Crippen LogP contribution in [0.4, 0.5) is 0 Å². The SMILES string of the molecule is C=CCC(CC/C=C(/C)C(=O)OC)(C(=O)CCC(=C)C)C(=O)OC. The Morgan fingerprint density at radius 2 is 1.71 bits per heavy atom. The van der Waals surface area contributed by atoms with E-state index in [2.05, 4.69) is 17.9 Å². The van der Waals surface area contributed by atoms with Crippen molar-refractivity contribution in [2.45, 2.75) is 46.0 Å². The summed E-state index contributed by atoms with van der Waals surface area (Å²) in [7, 11) is 2.57. The zero-order chi connectivity index (χ0) is 18.8. The van der Waals surface area contributed by atoms with Gasteiger partial charge in [0.05, 0.1) is 14.2 Å². The lowest BCUT2D eigenvalue weighted by Gasteiger charge is -2.28. The monoisotopic (exact) mass is 336 g/mol.